The van der Waals surface area contributed by atoms with Crippen molar-refractivity contribution in [3.05, 3.63) is 0 Å². The molecule has 0 aromatic heterocycles. The molecule has 162 valence electrons. The SMILES string of the molecule is CCCCC(CC)C(=O)N1CCC(N2CCC(C(=O)NCC(C)C)CC2)CC1. The summed E-state index contributed by atoms with van der Waals surface area (Å²) >= 11 is 0. The number of hydrogen-bond donors (Lipinski definition) is 1. The van der Waals surface area contributed by atoms with E-state index >= 15 is 0 Å². The Balaban J connectivity index is 1.72. The summed E-state index contributed by atoms with van der Waals surface area (Å²) in [5.74, 6) is 1.53. The molecule has 0 bridgehead atoms. The Kier molecular flexibility index (Phi) is 9.76. The smallest absolute Gasteiger partial charge is 0.225 e. The van der Waals surface area contributed by atoms with Crippen molar-refractivity contribution in [3.63, 3.8) is 0 Å². The zero-order valence-electron chi connectivity index (χ0n) is 18.7. The second-order valence-electron chi connectivity index (χ2n) is 9.25. The first-order valence-corrected chi connectivity index (χ1v) is 11.8. The molecular formula is C23H43N3O2. The van der Waals surface area contributed by atoms with Gasteiger partial charge in [0.25, 0.3) is 0 Å². The lowest BCUT2D eigenvalue weighted by Crippen LogP contribution is -2.51. The van der Waals surface area contributed by atoms with Crippen LogP contribution in [0.3, 0.4) is 0 Å². The van der Waals surface area contributed by atoms with E-state index in [1.807, 2.05) is 0 Å². The summed E-state index contributed by atoms with van der Waals surface area (Å²) in [7, 11) is 0. The molecule has 0 spiro atoms. The van der Waals surface area contributed by atoms with Gasteiger partial charge in [-0.25, -0.2) is 0 Å². The van der Waals surface area contributed by atoms with Crippen LogP contribution in [0.15, 0.2) is 0 Å². The number of amides is 2. The molecule has 0 radical (unpaired) electrons. The van der Waals surface area contributed by atoms with Crippen LogP contribution >= 0.6 is 0 Å². The molecule has 28 heavy (non-hydrogen) atoms. The minimum Gasteiger partial charge on any atom is -0.356 e. The van der Waals surface area contributed by atoms with Gasteiger partial charge in [0, 0.05) is 37.5 Å². The second kappa shape index (κ2) is 11.8. The highest BCUT2D eigenvalue weighted by Crippen LogP contribution is 2.26. The van der Waals surface area contributed by atoms with Crippen LogP contribution in [0.5, 0.6) is 0 Å². The summed E-state index contributed by atoms with van der Waals surface area (Å²) < 4.78 is 0. The third-order valence-corrected chi connectivity index (χ3v) is 6.63. The molecule has 2 amide bonds. The van der Waals surface area contributed by atoms with Gasteiger partial charge in [-0.15, -0.1) is 0 Å². The summed E-state index contributed by atoms with van der Waals surface area (Å²) in [5.41, 5.74) is 0. The Bertz CT molecular complexity index is 478. The fourth-order valence-electron chi connectivity index (χ4n) is 4.64. The third-order valence-electron chi connectivity index (χ3n) is 6.63. The molecule has 2 aliphatic heterocycles. The lowest BCUT2D eigenvalue weighted by molar-refractivity contribution is -0.138. The van der Waals surface area contributed by atoms with Gasteiger partial charge in [0.1, 0.15) is 0 Å². The molecule has 5 nitrogen and oxygen atoms in total. The van der Waals surface area contributed by atoms with Gasteiger partial charge in [-0.2, -0.15) is 0 Å². The number of nitrogens with zero attached hydrogens (tertiary/aromatic N) is 2. The molecule has 2 aliphatic rings. The van der Waals surface area contributed by atoms with Crippen LogP contribution in [-0.2, 0) is 9.59 Å². The van der Waals surface area contributed by atoms with E-state index in [0.29, 0.717) is 17.9 Å². The number of carbonyl (C=O) groups is 2. The van der Waals surface area contributed by atoms with E-state index in [9.17, 15) is 9.59 Å². The molecule has 2 rings (SSSR count). The lowest BCUT2D eigenvalue weighted by Gasteiger charge is -2.42. The lowest BCUT2D eigenvalue weighted by atomic mass is 9.92. The average Bonchev–Trinajstić information content (AvgIpc) is 2.72. The normalized spacial score (nSPS) is 21.1. The number of likely N-dealkylation sites (tertiary alicyclic amines) is 2. The number of carbonyl (C=O) groups excluding carboxylic acids is 2. The number of hydrogen-bond acceptors (Lipinski definition) is 3. The zero-order chi connectivity index (χ0) is 20.5. The molecule has 0 saturated carbocycles. The number of piperidine rings is 2. The van der Waals surface area contributed by atoms with Crippen LogP contribution in [0.25, 0.3) is 0 Å². The molecule has 0 aromatic rings. The molecule has 1 unspecified atom stereocenters. The van der Waals surface area contributed by atoms with Crippen molar-refractivity contribution < 1.29 is 9.59 Å². The minimum absolute atomic E-state index is 0.181. The molecule has 0 aromatic carbocycles. The zero-order valence-corrected chi connectivity index (χ0v) is 18.7. The maximum Gasteiger partial charge on any atom is 0.225 e. The molecule has 5 heteroatoms. The van der Waals surface area contributed by atoms with E-state index in [2.05, 4.69) is 42.8 Å². The maximum atomic E-state index is 12.8. The van der Waals surface area contributed by atoms with Crippen molar-refractivity contribution in [2.24, 2.45) is 17.8 Å². The van der Waals surface area contributed by atoms with Crippen LogP contribution in [-0.4, -0.2) is 60.4 Å². The highest BCUT2D eigenvalue weighted by molar-refractivity contribution is 5.79. The predicted octanol–water partition coefficient (Wildman–Crippen LogP) is 3.68. The summed E-state index contributed by atoms with van der Waals surface area (Å²) in [6.45, 7) is 13.2. The highest BCUT2D eigenvalue weighted by atomic mass is 16.2. The van der Waals surface area contributed by atoms with Crippen molar-refractivity contribution >= 4 is 11.8 Å². The van der Waals surface area contributed by atoms with Crippen LogP contribution in [0.1, 0.15) is 79.1 Å². The second-order valence-corrected chi connectivity index (χ2v) is 9.25. The van der Waals surface area contributed by atoms with E-state index in [1.165, 1.54) is 0 Å². The summed E-state index contributed by atoms with van der Waals surface area (Å²) in [5, 5.41) is 3.09. The molecule has 2 heterocycles. The Labute approximate surface area is 172 Å². The average molecular weight is 394 g/mol. The van der Waals surface area contributed by atoms with E-state index in [0.717, 1.165) is 84.1 Å². The summed E-state index contributed by atoms with van der Waals surface area (Å²) in [6.07, 6.45) is 8.43. The Morgan fingerprint density at radius 1 is 1.00 bits per heavy atom. The highest BCUT2D eigenvalue weighted by Gasteiger charge is 2.32. The first kappa shape index (κ1) is 23.2. The van der Waals surface area contributed by atoms with Crippen molar-refractivity contribution in [3.8, 4) is 0 Å². The maximum absolute atomic E-state index is 12.8. The number of nitrogens with one attached hydrogen (secondary N) is 1. The molecule has 1 atom stereocenters. The van der Waals surface area contributed by atoms with Gasteiger partial charge in [-0.1, -0.05) is 40.5 Å². The molecule has 0 aliphatic carbocycles. The van der Waals surface area contributed by atoms with Crippen LogP contribution in [0, 0.1) is 17.8 Å². The minimum atomic E-state index is 0.181. The fourth-order valence-corrected chi connectivity index (χ4v) is 4.64. The van der Waals surface area contributed by atoms with Crippen molar-refractivity contribution in [1.82, 2.24) is 15.1 Å². The van der Waals surface area contributed by atoms with Gasteiger partial charge >= 0.3 is 0 Å². The summed E-state index contributed by atoms with van der Waals surface area (Å²) in [4.78, 5) is 29.8. The standard InChI is InChI=1S/C23H43N3O2/c1-5-7-8-19(6-2)23(28)26-15-11-21(12-16-26)25-13-9-20(10-14-25)22(27)24-17-18(3)4/h18-21H,5-17H2,1-4H3,(H,24,27). The first-order chi connectivity index (χ1) is 13.5. The van der Waals surface area contributed by atoms with Gasteiger partial charge in [0.2, 0.25) is 11.8 Å². The van der Waals surface area contributed by atoms with Gasteiger partial charge in [0.15, 0.2) is 0 Å². The van der Waals surface area contributed by atoms with E-state index < -0.39 is 0 Å². The van der Waals surface area contributed by atoms with E-state index in [1.54, 1.807) is 0 Å². The Morgan fingerprint density at radius 3 is 2.18 bits per heavy atom. The Hall–Kier alpha value is -1.10. The van der Waals surface area contributed by atoms with Crippen molar-refractivity contribution in [2.45, 2.75) is 85.1 Å². The summed E-state index contributed by atoms with van der Waals surface area (Å²) in [6, 6.07) is 0.583. The van der Waals surface area contributed by atoms with E-state index in [-0.39, 0.29) is 17.7 Å². The van der Waals surface area contributed by atoms with Gasteiger partial charge in [0.05, 0.1) is 0 Å². The Morgan fingerprint density at radius 2 is 1.64 bits per heavy atom. The molecule has 2 saturated heterocycles. The molecular weight excluding hydrogens is 350 g/mol. The topological polar surface area (TPSA) is 52.7 Å². The van der Waals surface area contributed by atoms with Gasteiger partial charge < -0.3 is 15.1 Å². The van der Waals surface area contributed by atoms with Crippen LogP contribution in [0.2, 0.25) is 0 Å². The fraction of sp³-hybridized carbons (Fsp3) is 0.913. The third kappa shape index (κ3) is 6.75. The van der Waals surface area contributed by atoms with Crippen LogP contribution < -0.4 is 5.32 Å². The van der Waals surface area contributed by atoms with Crippen molar-refractivity contribution in [2.75, 3.05) is 32.7 Å². The quantitative estimate of drug-likeness (QED) is 0.650. The predicted molar refractivity (Wildman–Crippen MR) is 115 cm³/mol. The van der Waals surface area contributed by atoms with Gasteiger partial charge in [-0.05, 0) is 57.5 Å². The van der Waals surface area contributed by atoms with Crippen LogP contribution in [0.4, 0.5) is 0 Å². The van der Waals surface area contributed by atoms with Crippen molar-refractivity contribution in [1.29, 1.82) is 0 Å². The largest absolute Gasteiger partial charge is 0.356 e. The first-order valence-electron chi connectivity index (χ1n) is 11.8. The van der Waals surface area contributed by atoms with E-state index in [4.69, 9.17) is 0 Å². The van der Waals surface area contributed by atoms with Gasteiger partial charge in [-0.3, -0.25) is 9.59 Å². The molecule has 2 fully saturated rings. The number of rotatable bonds is 9. The monoisotopic (exact) mass is 393 g/mol. The molecule has 1 N–H and O–H groups in total. The number of unbranched alkanes of at least 4 members (excludes halogenated alkanes) is 1.